The lowest BCUT2D eigenvalue weighted by Gasteiger charge is -2.41. The summed E-state index contributed by atoms with van der Waals surface area (Å²) in [6.45, 7) is 2.32. The highest BCUT2D eigenvalue weighted by Crippen LogP contribution is 2.28. The highest BCUT2D eigenvalue weighted by molar-refractivity contribution is 8.00. The Bertz CT molecular complexity index is 621. The summed E-state index contributed by atoms with van der Waals surface area (Å²) in [5, 5.41) is 70.3. The molecule has 0 bridgehead atoms. The number of hydrogen-bond acceptors (Lipinski definition) is 13. The van der Waals surface area contributed by atoms with Gasteiger partial charge in [0.05, 0.1) is 18.5 Å². The van der Waals surface area contributed by atoms with Crippen LogP contribution in [0.15, 0.2) is 0 Å². The van der Waals surface area contributed by atoms with Crippen molar-refractivity contribution in [2.75, 3.05) is 44.1 Å². The fourth-order valence-electron chi connectivity index (χ4n) is 3.79. The molecular formula is C21H40N2O10S2. The molecule has 35 heavy (non-hydrogen) atoms. The Morgan fingerprint density at radius 1 is 0.971 bits per heavy atom. The molecular weight excluding hydrogens is 504 g/mol. The molecule has 2 aliphatic rings. The third kappa shape index (κ3) is 8.93. The Morgan fingerprint density at radius 3 is 2.34 bits per heavy atom. The summed E-state index contributed by atoms with van der Waals surface area (Å²) in [7, 11) is 1.47. The van der Waals surface area contributed by atoms with Crippen LogP contribution >= 0.6 is 23.5 Å². The maximum Gasteiger partial charge on any atom is 0.186 e. The minimum atomic E-state index is -1.42. The van der Waals surface area contributed by atoms with Crippen molar-refractivity contribution >= 4 is 29.4 Å². The number of aliphatic hydroxyl groups excluding tert-OH is 6. The molecule has 12 nitrogen and oxygen atoms in total. The van der Waals surface area contributed by atoms with Crippen LogP contribution in [-0.4, -0.2) is 141 Å². The Hall–Kier alpha value is -0.230. The van der Waals surface area contributed by atoms with Gasteiger partial charge in [-0.1, -0.05) is 6.92 Å². The number of nitrogens with one attached hydrogen (secondary N) is 2. The van der Waals surface area contributed by atoms with Crippen molar-refractivity contribution in [2.45, 2.75) is 80.3 Å². The van der Waals surface area contributed by atoms with Crippen molar-refractivity contribution in [2.24, 2.45) is 0 Å². The topological polar surface area (TPSA) is 194 Å². The number of aliphatic hydroxyl groups is 6. The molecule has 0 aromatic carbocycles. The first-order valence-electron chi connectivity index (χ1n) is 11.7. The van der Waals surface area contributed by atoms with E-state index in [-0.39, 0.29) is 11.6 Å². The highest BCUT2D eigenvalue weighted by atomic mass is 32.2. The summed E-state index contributed by atoms with van der Waals surface area (Å²) in [5.41, 5.74) is -0.859. The van der Waals surface area contributed by atoms with Crippen molar-refractivity contribution in [1.82, 2.24) is 5.32 Å². The number of rotatable bonds is 14. The van der Waals surface area contributed by atoms with Gasteiger partial charge in [-0.3, -0.25) is 5.41 Å². The van der Waals surface area contributed by atoms with E-state index in [1.165, 1.54) is 7.11 Å². The summed E-state index contributed by atoms with van der Waals surface area (Å²) >= 11 is 2.78. The molecule has 0 aliphatic carbocycles. The monoisotopic (exact) mass is 544 g/mol. The highest BCUT2D eigenvalue weighted by Gasteiger charge is 2.45. The van der Waals surface area contributed by atoms with E-state index >= 15 is 0 Å². The van der Waals surface area contributed by atoms with Crippen molar-refractivity contribution in [3.63, 3.8) is 0 Å². The van der Waals surface area contributed by atoms with Gasteiger partial charge in [0, 0.05) is 26.0 Å². The molecule has 0 aromatic heterocycles. The van der Waals surface area contributed by atoms with Crippen LogP contribution in [-0.2, 0) is 18.9 Å². The van der Waals surface area contributed by atoms with E-state index in [9.17, 15) is 30.6 Å². The van der Waals surface area contributed by atoms with Gasteiger partial charge in [-0.15, -0.1) is 11.8 Å². The molecule has 2 rings (SSSR count). The van der Waals surface area contributed by atoms with Gasteiger partial charge >= 0.3 is 0 Å². The Morgan fingerprint density at radius 2 is 1.69 bits per heavy atom. The standard InChI is InChI=1S/C21H40N2O10S2/c1-3-11-14(25)17(28)19(20(30-2)32-11)31-6-4-7-34-8-5-23-13(22)10-35-21-18(29)16(27)15(26)12(9-24)33-21/h11-12,14-21,24-29H,3-10H2,1-2H3,(H2,22,23)/t11?,12?,14-,15-,16?,17+,18-,19?,20+,21-/m1/s1. The van der Waals surface area contributed by atoms with Gasteiger partial charge in [-0.2, -0.15) is 11.8 Å². The second kappa shape index (κ2) is 15.9. The Balaban J connectivity index is 1.55. The predicted octanol–water partition coefficient (Wildman–Crippen LogP) is -1.90. The molecule has 2 fully saturated rings. The number of amidine groups is 1. The Kier molecular flexibility index (Phi) is 14.1. The van der Waals surface area contributed by atoms with Crippen LogP contribution in [0.5, 0.6) is 0 Å². The normalized spacial score (nSPS) is 37.8. The third-order valence-corrected chi connectivity index (χ3v) is 8.09. The molecule has 4 unspecified atom stereocenters. The lowest BCUT2D eigenvalue weighted by molar-refractivity contribution is -0.299. The van der Waals surface area contributed by atoms with E-state index in [0.29, 0.717) is 19.6 Å². The van der Waals surface area contributed by atoms with E-state index in [2.05, 4.69) is 5.32 Å². The minimum Gasteiger partial charge on any atom is -0.394 e. The van der Waals surface area contributed by atoms with E-state index < -0.39 is 67.2 Å². The SMILES string of the molecule is CCC1O[C@H](OC)C(OCCCSCCNC(=N)CS[C@H]2OC(CO)[C@@H](O)C(O)[C@H]2O)[C@@H](O)[C@@H]1O. The summed E-state index contributed by atoms with van der Waals surface area (Å²) in [4.78, 5) is 0. The van der Waals surface area contributed by atoms with E-state index in [4.69, 9.17) is 24.4 Å². The van der Waals surface area contributed by atoms with E-state index in [1.54, 1.807) is 11.8 Å². The average molecular weight is 545 g/mol. The first kappa shape index (κ1) is 31.0. The van der Waals surface area contributed by atoms with Gasteiger partial charge in [-0.25, -0.2) is 0 Å². The smallest absolute Gasteiger partial charge is 0.186 e. The molecule has 0 saturated carbocycles. The molecule has 0 spiro atoms. The molecule has 8 N–H and O–H groups in total. The molecule has 0 aromatic rings. The third-order valence-electron chi connectivity index (χ3n) is 5.85. The fraction of sp³-hybridized carbons (Fsp3) is 0.952. The zero-order valence-corrected chi connectivity index (χ0v) is 21.7. The Labute approximate surface area is 214 Å². The number of ether oxygens (including phenoxy) is 4. The minimum absolute atomic E-state index is 0.207. The number of thioether (sulfide) groups is 2. The number of methoxy groups -OCH3 is 1. The van der Waals surface area contributed by atoms with Gasteiger partial charge < -0.3 is 54.9 Å². The second-order valence-corrected chi connectivity index (χ2v) is 10.7. The second-order valence-electron chi connectivity index (χ2n) is 8.38. The van der Waals surface area contributed by atoms with Crippen LogP contribution in [0.25, 0.3) is 0 Å². The van der Waals surface area contributed by atoms with Gasteiger partial charge in [0.15, 0.2) is 6.29 Å². The van der Waals surface area contributed by atoms with Crippen LogP contribution in [0, 0.1) is 5.41 Å². The number of hydrogen-bond donors (Lipinski definition) is 8. The summed E-state index contributed by atoms with van der Waals surface area (Å²) in [6, 6.07) is 0. The largest absolute Gasteiger partial charge is 0.394 e. The molecule has 14 heteroatoms. The lowest BCUT2D eigenvalue weighted by atomic mass is 9.97. The molecule has 2 saturated heterocycles. The molecule has 2 aliphatic heterocycles. The van der Waals surface area contributed by atoms with Gasteiger partial charge in [0.25, 0.3) is 0 Å². The van der Waals surface area contributed by atoms with E-state index in [0.717, 1.165) is 29.7 Å². The quantitative estimate of drug-likeness (QED) is 0.0687. The zero-order valence-electron chi connectivity index (χ0n) is 20.1. The van der Waals surface area contributed by atoms with Crippen LogP contribution in [0.2, 0.25) is 0 Å². The van der Waals surface area contributed by atoms with Gasteiger partial charge in [-0.05, 0) is 18.6 Å². The van der Waals surface area contributed by atoms with Gasteiger partial charge in [0.1, 0.15) is 54.0 Å². The maximum atomic E-state index is 10.3. The predicted molar refractivity (Wildman–Crippen MR) is 132 cm³/mol. The summed E-state index contributed by atoms with van der Waals surface area (Å²) < 4.78 is 22.0. The lowest BCUT2D eigenvalue weighted by Crippen LogP contribution is -2.58. The van der Waals surface area contributed by atoms with Crippen LogP contribution in [0.4, 0.5) is 0 Å². The average Bonchev–Trinajstić information content (AvgIpc) is 2.86. The zero-order chi connectivity index (χ0) is 26.0. The van der Waals surface area contributed by atoms with Crippen LogP contribution < -0.4 is 5.32 Å². The molecule has 206 valence electrons. The fourth-order valence-corrected chi connectivity index (χ4v) is 5.57. The van der Waals surface area contributed by atoms with Gasteiger partial charge in [0.2, 0.25) is 0 Å². The first-order chi connectivity index (χ1) is 16.7. The molecule has 10 atom stereocenters. The van der Waals surface area contributed by atoms with Crippen LogP contribution in [0.3, 0.4) is 0 Å². The molecule has 0 radical (unpaired) electrons. The van der Waals surface area contributed by atoms with Crippen molar-refractivity contribution in [3.8, 4) is 0 Å². The van der Waals surface area contributed by atoms with Crippen molar-refractivity contribution < 1.29 is 49.6 Å². The van der Waals surface area contributed by atoms with Crippen molar-refractivity contribution in [1.29, 1.82) is 5.41 Å². The summed E-state index contributed by atoms with van der Waals surface area (Å²) in [6.07, 6.45) is -7.90. The first-order valence-corrected chi connectivity index (χ1v) is 13.9. The molecule has 0 amide bonds. The maximum absolute atomic E-state index is 10.3. The van der Waals surface area contributed by atoms with E-state index in [1.807, 2.05) is 6.92 Å². The van der Waals surface area contributed by atoms with Crippen LogP contribution in [0.1, 0.15) is 19.8 Å². The summed E-state index contributed by atoms with van der Waals surface area (Å²) in [5.74, 6) is 1.99. The molecule has 2 heterocycles. The van der Waals surface area contributed by atoms with Crippen molar-refractivity contribution in [3.05, 3.63) is 0 Å².